The van der Waals surface area contributed by atoms with Crippen LogP contribution in [0.15, 0.2) is 12.1 Å². The molecule has 64 valence electrons. The van der Waals surface area contributed by atoms with E-state index in [0.717, 1.165) is 11.4 Å². The van der Waals surface area contributed by atoms with E-state index in [0.29, 0.717) is 5.69 Å². The van der Waals surface area contributed by atoms with E-state index in [-0.39, 0.29) is 0 Å². The summed E-state index contributed by atoms with van der Waals surface area (Å²) in [6.45, 7) is 3.58. The summed E-state index contributed by atoms with van der Waals surface area (Å²) >= 11 is 0. The highest BCUT2D eigenvalue weighted by atomic mass is 16.7. The third-order valence-corrected chi connectivity index (χ3v) is 1.30. The summed E-state index contributed by atoms with van der Waals surface area (Å²) in [6.07, 6.45) is 0. The number of nitrogens with one attached hydrogen (secondary N) is 1. The van der Waals surface area contributed by atoms with E-state index in [9.17, 15) is 10.1 Å². The van der Waals surface area contributed by atoms with Crippen LogP contribution in [0.3, 0.4) is 0 Å². The SMILES string of the molecule is Cc1cc(N[N+](=O)[O-])cc(C)n1. The largest absolute Gasteiger partial charge is 0.258 e. The molecule has 0 saturated heterocycles. The number of hydrogen-bond acceptors (Lipinski definition) is 3. The van der Waals surface area contributed by atoms with Gasteiger partial charge in [-0.3, -0.25) is 4.98 Å². The van der Waals surface area contributed by atoms with E-state index < -0.39 is 5.03 Å². The highest BCUT2D eigenvalue weighted by Gasteiger charge is 2.00. The lowest BCUT2D eigenvalue weighted by Gasteiger charge is -1.99. The fourth-order valence-electron chi connectivity index (χ4n) is 1.00. The zero-order valence-corrected chi connectivity index (χ0v) is 6.87. The minimum atomic E-state index is -0.589. The van der Waals surface area contributed by atoms with Crippen LogP contribution in [0.4, 0.5) is 5.69 Å². The van der Waals surface area contributed by atoms with Gasteiger partial charge in [0.1, 0.15) is 5.69 Å². The third kappa shape index (κ3) is 2.19. The van der Waals surface area contributed by atoms with E-state index in [2.05, 4.69) is 10.4 Å². The van der Waals surface area contributed by atoms with E-state index in [4.69, 9.17) is 0 Å². The molecule has 1 aromatic rings. The first kappa shape index (κ1) is 8.45. The van der Waals surface area contributed by atoms with Crippen LogP contribution in [-0.4, -0.2) is 10.0 Å². The summed E-state index contributed by atoms with van der Waals surface area (Å²) in [4.78, 5) is 14.1. The molecule has 0 aliphatic carbocycles. The molecule has 1 N–H and O–H groups in total. The molecular formula is C7H9N3O2. The molecule has 0 spiro atoms. The number of nitrogens with zero attached hydrogens (tertiary/aromatic N) is 2. The van der Waals surface area contributed by atoms with Crippen molar-refractivity contribution >= 4 is 5.69 Å². The van der Waals surface area contributed by atoms with Gasteiger partial charge in [-0.2, -0.15) is 0 Å². The van der Waals surface area contributed by atoms with Crippen molar-refractivity contribution in [3.8, 4) is 0 Å². The van der Waals surface area contributed by atoms with Crippen molar-refractivity contribution < 1.29 is 5.03 Å². The van der Waals surface area contributed by atoms with Crippen molar-refractivity contribution in [3.63, 3.8) is 0 Å². The molecule has 0 bridgehead atoms. The molecule has 0 atom stereocenters. The van der Waals surface area contributed by atoms with E-state index in [1.165, 1.54) is 0 Å². The predicted molar refractivity (Wildman–Crippen MR) is 44.3 cm³/mol. The smallest absolute Gasteiger partial charge is 0.162 e. The van der Waals surface area contributed by atoms with Gasteiger partial charge in [0.15, 0.2) is 5.03 Å². The first-order valence-electron chi connectivity index (χ1n) is 3.44. The summed E-state index contributed by atoms with van der Waals surface area (Å²) in [6, 6.07) is 3.24. The Morgan fingerprint density at radius 1 is 1.42 bits per heavy atom. The summed E-state index contributed by atoms with van der Waals surface area (Å²) in [7, 11) is 0. The maximum Gasteiger partial charge on any atom is 0.162 e. The number of hydrazine groups is 1. The lowest BCUT2D eigenvalue weighted by atomic mass is 10.3. The molecule has 12 heavy (non-hydrogen) atoms. The standard InChI is InChI=1S/C7H9N3O2/c1-5-3-7(9-10(11)12)4-6(2)8-5/h3-4H,1-2H3,(H,8,9). The van der Waals surface area contributed by atoms with Gasteiger partial charge in [-0.1, -0.05) is 0 Å². The van der Waals surface area contributed by atoms with Crippen LogP contribution in [0.25, 0.3) is 0 Å². The lowest BCUT2D eigenvalue weighted by molar-refractivity contribution is -0.445. The van der Waals surface area contributed by atoms with E-state index in [1.807, 2.05) is 0 Å². The Morgan fingerprint density at radius 2 is 1.92 bits per heavy atom. The van der Waals surface area contributed by atoms with Crippen LogP contribution in [0, 0.1) is 24.0 Å². The van der Waals surface area contributed by atoms with Crippen LogP contribution in [-0.2, 0) is 0 Å². The van der Waals surface area contributed by atoms with Crippen molar-refractivity contribution in [1.82, 2.24) is 4.98 Å². The fourth-order valence-corrected chi connectivity index (χ4v) is 1.00. The van der Waals surface area contributed by atoms with E-state index >= 15 is 0 Å². The second-order valence-corrected chi connectivity index (χ2v) is 2.51. The fraction of sp³-hybridized carbons (Fsp3) is 0.286. The van der Waals surface area contributed by atoms with Crippen molar-refractivity contribution in [2.75, 3.05) is 5.43 Å². The number of pyridine rings is 1. The van der Waals surface area contributed by atoms with Crippen LogP contribution < -0.4 is 5.43 Å². The predicted octanol–water partition coefficient (Wildman–Crippen LogP) is 1.30. The van der Waals surface area contributed by atoms with Gasteiger partial charge in [0.2, 0.25) is 0 Å². The Balaban J connectivity index is 2.93. The molecule has 0 unspecified atom stereocenters. The second-order valence-electron chi connectivity index (χ2n) is 2.51. The van der Waals surface area contributed by atoms with Crippen LogP contribution >= 0.6 is 0 Å². The van der Waals surface area contributed by atoms with Gasteiger partial charge in [-0.15, -0.1) is 5.43 Å². The van der Waals surface area contributed by atoms with Crippen LogP contribution in [0.2, 0.25) is 0 Å². The molecule has 0 saturated carbocycles. The average Bonchev–Trinajstić information content (AvgIpc) is 1.81. The number of anilines is 1. The first-order chi connectivity index (χ1) is 5.58. The van der Waals surface area contributed by atoms with Crippen molar-refractivity contribution in [3.05, 3.63) is 33.6 Å². The Labute approximate surface area is 69.6 Å². The van der Waals surface area contributed by atoms with Crippen LogP contribution in [0.1, 0.15) is 11.4 Å². The van der Waals surface area contributed by atoms with Crippen molar-refractivity contribution in [2.24, 2.45) is 0 Å². The first-order valence-corrected chi connectivity index (χ1v) is 3.44. The second kappa shape index (κ2) is 3.17. The normalized spacial score (nSPS) is 9.50. The molecule has 0 amide bonds. The molecule has 0 radical (unpaired) electrons. The monoisotopic (exact) mass is 167 g/mol. The molecule has 0 aromatic carbocycles. The molecule has 1 rings (SSSR count). The highest BCUT2D eigenvalue weighted by molar-refractivity contribution is 5.42. The van der Waals surface area contributed by atoms with Gasteiger partial charge in [0.25, 0.3) is 0 Å². The third-order valence-electron chi connectivity index (χ3n) is 1.30. The Kier molecular flexibility index (Phi) is 2.23. The molecule has 0 aliphatic heterocycles. The maximum atomic E-state index is 10.1. The number of nitro groups is 1. The van der Waals surface area contributed by atoms with Gasteiger partial charge >= 0.3 is 0 Å². The Hall–Kier alpha value is -1.65. The Bertz CT molecular complexity index is 291. The van der Waals surface area contributed by atoms with Gasteiger partial charge in [-0.05, 0) is 26.0 Å². The maximum absolute atomic E-state index is 10.1. The summed E-state index contributed by atoms with van der Waals surface area (Å²) in [5, 5.41) is 9.48. The molecular weight excluding hydrogens is 158 g/mol. The average molecular weight is 167 g/mol. The number of aryl methyl sites for hydroxylation is 2. The van der Waals surface area contributed by atoms with Gasteiger partial charge in [-0.25, -0.2) is 10.1 Å². The van der Waals surface area contributed by atoms with Crippen molar-refractivity contribution in [2.45, 2.75) is 13.8 Å². The number of hydrogen-bond donors (Lipinski definition) is 1. The molecule has 5 nitrogen and oxygen atoms in total. The quantitative estimate of drug-likeness (QED) is 0.532. The zero-order valence-electron chi connectivity index (χ0n) is 6.87. The highest BCUT2D eigenvalue weighted by Crippen LogP contribution is 2.09. The van der Waals surface area contributed by atoms with E-state index in [1.54, 1.807) is 26.0 Å². The topological polar surface area (TPSA) is 68.1 Å². The minimum absolute atomic E-state index is 0.463. The van der Waals surface area contributed by atoms with Gasteiger partial charge in [0.05, 0.1) is 0 Å². The zero-order chi connectivity index (χ0) is 9.14. The van der Waals surface area contributed by atoms with Gasteiger partial charge < -0.3 is 0 Å². The summed E-state index contributed by atoms with van der Waals surface area (Å²) < 4.78 is 0. The number of rotatable bonds is 2. The lowest BCUT2D eigenvalue weighted by Crippen LogP contribution is -2.08. The number of aromatic nitrogens is 1. The minimum Gasteiger partial charge on any atom is -0.258 e. The molecule has 5 heteroatoms. The molecule has 0 fully saturated rings. The summed E-state index contributed by atoms with van der Waals surface area (Å²) in [5.74, 6) is 0. The molecule has 1 aromatic heterocycles. The van der Waals surface area contributed by atoms with Crippen molar-refractivity contribution in [1.29, 1.82) is 0 Å². The molecule has 1 heterocycles. The Morgan fingerprint density at radius 3 is 2.33 bits per heavy atom. The van der Waals surface area contributed by atoms with Crippen LogP contribution in [0.5, 0.6) is 0 Å². The molecule has 0 aliphatic rings. The van der Waals surface area contributed by atoms with Gasteiger partial charge in [0, 0.05) is 11.4 Å². The summed E-state index contributed by atoms with van der Waals surface area (Å²) in [5.41, 5.74) is 4.06.